The first kappa shape index (κ1) is 14.1. The molecule has 2 aromatic rings. The summed E-state index contributed by atoms with van der Waals surface area (Å²) in [4.78, 5) is 5.20. The van der Waals surface area contributed by atoms with E-state index in [1.807, 2.05) is 6.92 Å². The van der Waals surface area contributed by atoms with Crippen molar-refractivity contribution in [3.63, 3.8) is 0 Å². The van der Waals surface area contributed by atoms with E-state index in [9.17, 15) is 8.42 Å². The van der Waals surface area contributed by atoms with Crippen molar-refractivity contribution >= 4 is 21.4 Å². The van der Waals surface area contributed by atoms with E-state index in [1.54, 1.807) is 30.5 Å². The molecule has 0 bridgehead atoms. The van der Waals surface area contributed by atoms with Crippen LogP contribution in [-0.2, 0) is 23.1 Å². The third-order valence-corrected chi connectivity index (χ3v) is 4.86. The Morgan fingerprint density at radius 2 is 2.21 bits per heavy atom. The van der Waals surface area contributed by atoms with Gasteiger partial charge < -0.3 is 5.73 Å². The molecule has 1 aromatic heterocycles. The number of nitrogens with two attached hydrogens (primary N) is 1. The molecule has 0 saturated carbocycles. The minimum Gasteiger partial charge on any atom is -0.326 e. The molecule has 0 fully saturated rings. The fourth-order valence-electron chi connectivity index (χ4n) is 1.58. The first-order valence-electron chi connectivity index (χ1n) is 5.71. The summed E-state index contributed by atoms with van der Waals surface area (Å²) in [6.07, 6.45) is 1.68. The molecule has 0 radical (unpaired) electrons. The van der Waals surface area contributed by atoms with Crippen LogP contribution in [0.4, 0.5) is 0 Å². The van der Waals surface area contributed by atoms with Crippen LogP contribution in [0.2, 0.25) is 0 Å². The fourth-order valence-corrected chi connectivity index (χ4v) is 3.48. The molecule has 0 atom stereocenters. The molecule has 19 heavy (non-hydrogen) atoms. The van der Waals surface area contributed by atoms with Crippen molar-refractivity contribution in [2.75, 3.05) is 0 Å². The number of hydrogen-bond acceptors (Lipinski definition) is 5. The number of aryl methyl sites for hydroxylation is 1. The summed E-state index contributed by atoms with van der Waals surface area (Å²) in [6.45, 7) is 2.45. The number of benzene rings is 1. The van der Waals surface area contributed by atoms with Gasteiger partial charge in [-0.3, -0.25) is 0 Å². The largest absolute Gasteiger partial charge is 0.326 e. The van der Waals surface area contributed by atoms with Crippen LogP contribution in [-0.4, -0.2) is 13.4 Å². The Morgan fingerprint density at radius 1 is 1.42 bits per heavy atom. The molecule has 3 N–H and O–H groups in total. The average Bonchev–Trinajstić information content (AvgIpc) is 2.82. The van der Waals surface area contributed by atoms with Gasteiger partial charge in [-0.15, -0.1) is 11.3 Å². The van der Waals surface area contributed by atoms with Gasteiger partial charge in [0.25, 0.3) is 0 Å². The Bertz CT molecular complexity index is 665. The minimum absolute atomic E-state index is 0.233. The summed E-state index contributed by atoms with van der Waals surface area (Å²) in [5, 5.41) is 0.916. The quantitative estimate of drug-likeness (QED) is 0.873. The normalized spacial score (nSPS) is 11.7. The summed E-state index contributed by atoms with van der Waals surface area (Å²) in [6, 6.07) is 6.62. The van der Waals surface area contributed by atoms with Gasteiger partial charge in [-0.1, -0.05) is 12.1 Å². The van der Waals surface area contributed by atoms with Gasteiger partial charge >= 0.3 is 0 Å². The highest BCUT2D eigenvalue weighted by Crippen LogP contribution is 2.14. The predicted octanol–water partition coefficient (Wildman–Crippen LogP) is 1.39. The molecule has 5 nitrogen and oxygen atoms in total. The van der Waals surface area contributed by atoms with Crippen molar-refractivity contribution in [1.29, 1.82) is 0 Å². The smallest absolute Gasteiger partial charge is 0.240 e. The molecule has 0 amide bonds. The second-order valence-corrected chi connectivity index (χ2v) is 7.11. The highest BCUT2D eigenvalue weighted by molar-refractivity contribution is 7.89. The number of hydrogen-bond donors (Lipinski definition) is 2. The number of rotatable bonds is 5. The van der Waals surface area contributed by atoms with Crippen molar-refractivity contribution in [2.45, 2.75) is 24.9 Å². The lowest BCUT2D eigenvalue weighted by Gasteiger charge is -2.06. The molecular weight excluding hydrogens is 282 g/mol. The van der Waals surface area contributed by atoms with Crippen molar-refractivity contribution in [3.05, 3.63) is 45.9 Å². The van der Waals surface area contributed by atoms with E-state index >= 15 is 0 Å². The molecule has 0 aliphatic carbocycles. The number of sulfonamides is 1. The molecule has 2 rings (SSSR count). The average molecular weight is 297 g/mol. The lowest BCUT2D eigenvalue weighted by atomic mass is 10.2. The Balaban J connectivity index is 2.13. The highest BCUT2D eigenvalue weighted by atomic mass is 32.2. The van der Waals surface area contributed by atoms with Gasteiger partial charge in [0.2, 0.25) is 10.0 Å². The molecule has 1 aromatic carbocycles. The summed E-state index contributed by atoms with van der Waals surface area (Å²) < 4.78 is 26.8. The topological polar surface area (TPSA) is 85.1 Å². The number of nitrogens with zero attached hydrogens (tertiary/aromatic N) is 1. The van der Waals surface area contributed by atoms with Gasteiger partial charge in [-0.25, -0.2) is 18.1 Å². The molecular formula is C12H15N3O2S2. The van der Waals surface area contributed by atoms with Crippen LogP contribution in [0.1, 0.15) is 15.4 Å². The molecule has 7 heteroatoms. The van der Waals surface area contributed by atoms with Crippen LogP contribution in [0.3, 0.4) is 0 Å². The molecule has 102 valence electrons. The zero-order valence-electron chi connectivity index (χ0n) is 10.5. The van der Waals surface area contributed by atoms with Gasteiger partial charge in [0.15, 0.2) is 0 Å². The van der Waals surface area contributed by atoms with E-state index in [-0.39, 0.29) is 11.4 Å². The highest BCUT2D eigenvalue weighted by Gasteiger charge is 2.14. The first-order chi connectivity index (χ1) is 9.01. The van der Waals surface area contributed by atoms with Crippen LogP contribution < -0.4 is 10.5 Å². The number of nitrogens with one attached hydrogen (secondary N) is 1. The summed E-state index contributed by atoms with van der Waals surface area (Å²) in [5.74, 6) is 0. The van der Waals surface area contributed by atoms with Gasteiger partial charge in [-0.05, 0) is 24.6 Å². The molecule has 0 saturated heterocycles. The first-order valence-corrected chi connectivity index (χ1v) is 8.01. The van der Waals surface area contributed by atoms with Gasteiger partial charge in [0.05, 0.1) is 9.90 Å². The van der Waals surface area contributed by atoms with Crippen LogP contribution in [0.25, 0.3) is 0 Å². The van der Waals surface area contributed by atoms with Crippen LogP contribution in [0.5, 0.6) is 0 Å². The molecule has 0 aliphatic rings. The summed E-state index contributed by atoms with van der Waals surface area (Å²) in [5.41, 5.74) is 6.30. The van der Waals surface area contributed by atoms with Crippen LogP contribution >= 0.6 is 11.3 Å². The number of thiazole rings is 1. The Morgan fingerprint density at radius 3 is 2.84 bits per heavy atom. The van der Waals surface area contributed by atoms with Crippen molar-refractivity contribution in [3.8, 4) is 0 Å². The summed E-state index contributed by atoms with van der Waals surface area (Å²) >= 11 is 1.47. The molecule has 0 unspecified atom stereocenters. The lowest BCUT2D eigenvalue weighted by Crippen LogP contribution is -2.23. The second kappa shape index (κ2) is 5.79. The standard InChI is InChI=1S/C12H15N3O2S2/c1-9-14-7-11(18-9)8-15-19(16,17)12-4-2-3-10(5-12)6-13/h2-5,7,15H,6,8,13H2,1H3. The van der Waals surface area contributed by atoms with E-state index < -0.39 is 10.0 Å². The van der Waals surface area contributed by atoms with Gasteiger partial charge in [0.1, 0.15) is 0 Å². The SMILES string of the molecule is Cc1ncc(CNS(=O)(=O)c2cccc(CN)c2)s1. The van der Waals surface area contributed by atoms with Crippen molar-refractivity contribution in [1.82, 2.24) is 9.71 Å². The minimum atomic E-state index is -3.51. The Kier molecular flexibility index (Phi) is 4.31. The predicted molar refractivity (Wildman–Crippen MR) is 75.2 cm³/mol. The Labute approximate surface area is 116 Å². The monoisotopic (exact) mass is 297 g/mol. The van der Waals surface area contributed by atoms with Crippen molar-refractivity contribution in [2.24, 2.45) is 5.73 Å². The Hall–Kier alpha value is -1.28. The third-order valence-electron chi connectivity index (χ3n) is 2.55. The van der Waals surface area contributed by atoms with Crippen LogP contribution in [0, 0.1) is 6.92 Å². The maximum atomic E-state index is 12.1. The van der Waals surface area contributed by atoms with E-state index in [0.717, 1.165) is 15.4 Å². The maximum absolute atomic E-state index is 12.1. The van der Waals surface area contributed by atoms with E-state index in [4.69, 9.17) is 5.73 Å². The van der Waals surface area contributed by atoms with Gasteiger partial charge in [0, 0.05) is 24.2 Å². The van der Waals surface area contributed by atoms with Crippen LogP contribution in [0.15, 0.2) is 35.4 Å². The molecule has 0 spiro atoms. The number of aromatic nitrogens is 1. The zero-order chi connectivity index (χ0) is 13.9. The molecule has 1 heterocycles. The van der Waals surface area contributed by atoms with E-state index in [2.05, 4.69) is 9.71 Å². The van der Waals surface area contributed by atoms with E-state index in [0.29, 0.717) is 6.54 Å². The third kappa shape index (κ3) is 3.60. The second-order valence-electron chi connectivity index (χ2n) is 4.02. The van der Waals surface area contributed by atoms with E-state index in [1.165, 1.54) is 11.3 Å². The maximum Gasteiger partial charge on any atom is 0.240 e. The van der Waals surface area contributed by atoms with Crippen molar-refractivity contribution < 1.29 is 8.42 Å². The summed E-state index contributed by atoms with van der Waals surface area (Å²) in [7, 11) is -3.51. The lowest BCUT2D eigenvalue weighted by molar-refractivity contribution is 0.581. The molecule has 0 aliphatic heterocycles. The zero-order valence-corrected chi connectivity index (χ0v) is 12.1. The fraction of sp³-hybridized carbons (Fsp3) is 0.250. The van der Waals surface area contributed by atoms with Gasteiger partial charge in [-0.2, -0.15) is 0 Å².